The number of benzene rings is 3. The van der Waals surface area contributed by atoms with Crippen molar-refractivity contribution in [2.75, 3.05) is 37.0 Å². The van der Waals surface area contributed by atoms with Crippen molar-refractivity contribution in [2.45, 2.75) is 65.7 Å². The van der Waals surface area contributed by atoms with Crippen LogP contribution in [0.2, 0.25) is 5.04 Å². The number of rotatable bonds is 14. The van der Waals surface area contributed by atoms with Crippen molar-refractivity contribution >= 4 is 58.7 Å². The number of carbonyl (C=O) groups excluding carboxylic acids is 1. The minimum Gasteiger partial charge on any atom is -0.453 e. The Bertz CT molecular complexity index is 2090. The van der Waals surface area contributed by atoms with E-state index in [1.165, 1.54) is 17.5 Å². The molecule has 0 spiro atoms. The maximum Gasteiger partial charge on any atom is 0.413 e. The van der Waals surface area contributed by atoms with Crippen molar-refractivity contribution in [3.05, 3.63) is 96.0 Å². The summed E-state index contributed by atoms with van der Waals surface area (Å²) in [6.07, 6.45) is 3.05. The van der Waals surface area contributed by atoms with E-state index >= 15 is 0 Å². The van der Waals surface area contributed by atoms with Gasteiger partial charge in [0, 0.05) is 31.1 Å². The number of aryl methyl sites for hydroxylation is 1. The van der Waals surface area contributed by atoms with Crippen LogP contribution in [-0.4, -0.2) is 71.1 Å². The minimum absolute atomic E-state index is 0.116. The number of aliphatic hydroxyl groups excluding tert-OH is 1. The van der Waals surface area contributed by atoms with Crippen molar-refractivity contribution in [1.29, 1.82) is 0 Å². The van der Waals surface area contributed by atoms with Crippen LogP contribution in [0.1, 0.15) is 57.6 Å². The van der Waals surface area contributed by atoms with Gasteiger partial charge in [-0.05, 0) is 21.8 Å². The normalized spacial score (nSPS) is 12.1. The molecule has 0 saturated carbocycles. The standard InChI is InChI=1S/C39H47N7O5Si/c1-7-8-21-45(22-23-50-52(39(3,4)5,30-15-11-9-12-16-30)31-17-13-10-14-18-31)36-34-32(41-37(42-36)43-38(48)49-6)25-46(44-34)24-28-19-20-29(26-47)35-33(28)40-27(2)51-35/h9-20,25,47H,7-8,21-24,26H2,1-6H3,(H,41,43,48). The van der Waals surface area contributed by atoms with Gasteiger partial charge in [-0.15, -0.1) is 0 Å². The van der Waals surface area contributed by atoms with Gasteiger partial charge in [-0.3, -0.25) is 10.00 Å². The number of nitrogens with one attached hydrogen (secondary N) is 1. The van der Waals surface area contributed by atoms with E-state index in [1.807, 2.05) is 30.5 Å². The molecule has 3 aromatic carbocycles. The second-order valence-corrected chi connectivity index (χ2v) is 18.2. The summed E-state index contributed by atoms with van der Waals surface area (Å²) >= 11 is 0. The molecule has 6 aromatic rings. The van der Waals surface area contributed by atoms with Gasteiger partial charge < -0.3 is 23.6 Å². The molecular weight excluding hydrogens is 675 g/mol. The predicted octanol–water partition coefficient (Wildman–Crippen LogP) is 6.18. The average Bonchev–Trinajstić information content (AvgIpc) is 3.74. The van der Waals surface area contributed by atoms with Crippen molar-refractivity contribution in [3.63, 3.8) is 0 Å². The van der Waals surface area contributed by atoms with Gasteiger partial charge in [-0.1, -0.05) is 107 Å². The number of ether oxygens (including phenoxy) is 1. The SMILES string of the molecule is CCCCN(CCO[Si](c1ccccc1)(c1ccccc1)C(C)(C)C)c1nc(NC(=O)OC)nc2cn(Cc3ccc(CO)c4oc(C)nc34)nc12. The molecule has 1 amide bonds. The van der Waals surface area contributed by atoms with Gasteiger partial charge in [0.15, 0.2) is 22.8 Å². The number of nitrogens with zero attached hydrogens (tertiary/aromatic N) is 6. The number of oxazole rings is 1. The highest BCUT2D eigenvalue weighted by atomic mass is 28.4. The van der Waals surface area contributed by atoms with E-state index in [0.29, 0.717) is 65.6 Å². The van der Waals surface area contributed by atoms with E-state index in [1.54, 1.807) is 11.6 Å². The van der Waals surface area contributed by atoms with Gasteiger partial charge in [0.2, 0.25) is 5.95 Å². The Balaban J connectivity index is 1.39. The third kappa shape index (κ3) is 7.43. The Morgan fingerprint density at radius 3 is 2.23 bits per heavy atom. The average molecular weight is 722 g/mol. The molecule has 52 heavy (non-hydrogen) atoms. The van der Waals surface area contributed by atoms with Crippen LogP contribution in [0.4, 0.5) is 16.6 Å². The Kier molecular flexibility index (Phi) is 11.0. The third-order valence-electron chi connectivity index (χ3n) is 9.29. The lowest BCUT2D eigenvalue weighted by molar-refractivity contribution is 0.186. The Hall–Kier alpha value is -5.11. The summed E-state index contributed by atoms with van der Waals surface area (Å²) < 4.78 is 19.8. The van der Waals surface area contributed by atoms with Crippen LogP contribution in [0.15, 0.2) is 83.4 Å². The first kappa shape index (κ1) is 36.7. The molecule has 6 rings (SSSR count). The summed E-state index contributed by atoms with van der Waals surface area (Å²) in [6, 6.07) is 25.0. The lowest BCUT2D eigenvalue weighted by Gasteiger charge is -2.43. The fourth-order valence-corrected chi connectivity index (χ4v) is 11.4. The Morgan fingerprint density at radius 1 is 0.942 bits per heavy atom. The van der Waals surface area contributed by atoms with Crippen LogP contribution in [0.25, 0.3) is 22.1 Å². The number of aromatic nitrogens is 5. The Labute approximate surface area is 304 Å². The molecule has 12 nitrogen and oxygen atoms in total. The summed E-state index contributed by atoms with van der Waals surface area (Å²) in [5.41, 5.74) is 3.94. The van der Waals surface area contributed by atoms with E-state index in [4.69, 9.17) is 23.7 Å². The van der Waals surface area contributed by atoms with Crippen LogP contribution in [0.5, 0.6) is 0 Å². The van der Waals surface area contributed by atoms with Crippen molar-refractivity contribution in [1.82, 2.24) is 24.7 Å². The van der Waals surface area contributed by atoms with Gasteiger partial charge in [0.05, 0.1) is 33.1 Å². The van der Waals surface area contributed by atoms with E-state index in [2.05, 4.69) is 96.4 Å². The lowest BCUT2D eigenvalue weighted by atomic mass is 10.1. The summed E-state index contributed by atoms with van der Waals surface area (Å²) in [5.74, 6) is 1.22. The molecule has 3 aromatic heterocycles. The summed E-state index contributed by atoms with van der Waals surface area (Å²) in [4.78, 5) is 28.6. The fourth-order valence-electron chi connectivity index (χ4n) is 6.83. The highest BCUT2D eigenvalue weighted by Crippen LogP contribution is 2.37. The third-order valence-corrected chi connectivity index (χ3v) is 14.3. The number of aliphatic hydroxyl groups is 1. The molecule has 0 unspecified atom stereocenters. The van der Waals surface area contributed by atoms with Gasteiger partial charge in [-0.2, -0.15) is 10.1 Å². The number of amides is 1. The summed E-state index contributed by atoms with van der Waals surface area (Å²) in [5, 5.41) is 19.8. The number of hydrogen-bond acceptors (Lipinski definition) is 10. The maximum absolute atomic E-state index is 12.3. The zero-order valence-electron chi connectivity index (χ0n) is 30.7. The highest BCUT2D eigenvalue weighted by Gasteiger charge is 2.50. The van der Waals surface area contributed by atoms with Crippen LogP contribution in [0, 0.1) is 6.92 Å². The second kappa shape index (κ2) is 15.6. The molecular formula is C39H47N7O5Si. The number of hydrogen-bond donors (Lipinski definition) is 2. The lowest BCUT2D eigenvalue weighted by Crippen LogP contribution is -2.67. The number of anilines is 2. The first-order chi connectivity index (χ1) is 25.1. The molecule has 0 fully saturated rings. The van der Waals surface area contributed by atoms with E-state index in [9.17, 15) is 9.90 Å². The molecule has 0 aliphatic rings. The molecule has 0 radical (unpaired) electrons. The van der Waals surface area contributed by atoms with Crippen molar-refractivity contribution < 1.29 is 23.5 Å². The summed E-state index contributed by atoms with van der Waals surface area (Å²) in [7, 11) is -1.49. The second-order valence-electron chi connectivity index (χ2n) is 13.9. The van der Waals surface area contributed by atoms with Crippen molar-refractivity contribution in [2.24, 2.45) is 0 Å². The topological polar surface area (TPSA) is 141 Å². The number of unbranched alkanes of at least 4 members (excludes halogenated alkanes) is 1. The molecule has 0 aliphatic carbocycles. The predicted molar refractivity (Wildman–Crippen MR) is 206 cm³/mol. The van der Waals surface area contributed by atoms with Gasteiger partial charge >= 0.3 is 6.09 Å². The fraction of sp³-hybridized carbons (Fsp3) is 0.359. The zero-order chi connectivity index (χ0) is 36.9. The monoisotopic (exact) mass is 721 g/mol. The molecule has 0 saturated heterocycles. The van der Waals surface area contributed by atoms with E-state index in [0.717, 1.165) is 18.4 Å². The maximum atomic E-state index is 12.3. The number of methoxy groups -OCH3 is 1. The summed E-state index contributed by atoms with van der Waals surface area (Å²) in [6.45, 7) is 12.6. The molecule has 0 aliphatic heterocycles. The molecule has 13 heteroatoms. The van der Waals surface area contributed by atoms with Gasteiger partial charge in [0.1, 0.15) is 11.0 Å². The molecule has 2 N–H and O–H groups in total. The highest BCUT2D eigenvalue weighted by molar-refractivity contribution is 6.99. The van der Waals surface area contributed by atoms with E-state index in [-0.39, 0.29) is 17.6 Å². The first-order valence-corrected chi connectivity index (χ1v) is 19.6. The smallest absolute Gasteiger partial charge is 0.413 e. The van der Waals surface area contributed by atoms with E-state index < -0.39 is 14.4 Å². The minimum atomic E-state index is -2.79. The quantitative estimate of drug-likeness (QED) is 0.125. The molecule has 272 valence electrons. The van der Waals surface area contributed by atoms with Crippen LogP contribution in [0.3, 0.4) is 0 Å². The largest absolute Gasteiger partial charge is 0.453 e. The van der Waals surface area contributed by atoms with Crippen LogP contribution in [-0.2, 0) is 22.3 Å². The molecule has 0 atom stereocenters. The van der Waals surface area contributed by atoms with Gasteiger partial charge in [0.25, 0.3) is 8.32 Å². The van der Waals surface area contributed by atoms with Gasteiger partial charge in [-0.25, -0.2) is 14.8 Å². The Morgan fingerprint density at radius 2 is 1.62 bits per heavy atom. The number of fused-ring (bicyclic) bond motifs is 2. The molecule has 3 heterocycles. The van der Waals surface area contributed by atoms with Crippen LogP contribution < -0.4 is 20.6 Å². The number of carbonyl (C=O) groups is 1. The van der Waals surface area contributed by atoms with Crippen LogP contribution >= 0.6 is 0 Å². The zero-order valence-corrected chi connectivity index (χ0v) is 31.7. The van der Waals surface area contributed by atoms with Crippen molar-refractivity contribution in [3.8, 4) is 0 Å². The molecule has 0 bridgehead atoms. The first-order valence-electron chi connectivity index (χ1n) is 17.7.